The Labute approximate surface area is 270 Å². The molecule has 4 atom stereocenters. The van der Waals surface area contributed by atoms with Gasteiger partial charge in [-0.3, -0.25) is 14.5 Å². The summed E-state index contributed by atoms with van der Waals surface area (Å²) in [6.45, 7) is 2.25. The summed E-state index contributed by atoms with van der Waals surface area (Å²) in [5.41, 5.74) is 5.19. The number of tetrazole rings is 1. The number of aliphatic hydroxyl groups is 1. The van der Waals surface area contributed by atoms with Crippen LogP contribution in [0, 0.1) is 5.92 Å². The van der Waals surface area contributed by atoms with Gasteiger partial charge in [-0.15, -0.1) is 5.10 Å². The molecular weight excluding hydrogens is 602 g/mol. The number of hydrogen-bond acceptors (Lipinski definition) is 9. The van der Waals surface area contributed by atoms with Crippen molar-refractivity contribution in [2.45, 2.75) is 43.7 Å². The van der Waals surface area contributed by atoms with E-state index in [9.17, 15) is 14.7 Å². The number of hydrogen-bond donors (Lipinski definition) is 1. The number of thioether (sulfide) groups is 1. The first-order valence-corrected chi connectivity index (χ1v) is 16.0. The molecule has 0 bridgehead atoms. The highest BCUT2D eigenvalue weighted by Gasteiger charge is 2.39. The Bertz CT molecular complexity index is 1810. The van der Waals surface area contributed by atoms with Crippen molar-refractivity contribution in [3.63, 3.8) is 0 Å². The molecular formula is C35H31N5O5S. The Hall–Kier alpha value is -4.68. The average molecular weight is 634 g/mol. The number of nitrogens with zero attached hydrogens (tertiary/aromatic N) is 5. The SMILES string of the molecule is C[C@@H]1[C@H](CSc2nnnn2-c2ccccc2)O[C@H](c2ccc(CN3C(=O)c4ccccc4C3=O)cc2)O[C@@H]1c1ccc(CO)cc1. The first-order chi connectivity index (χ1) is 22.5. The summed E-state index contributed by atoms with van der Waals surface area (Å²) in [6.07, 6.45) is -1.16. The lowest BCUT2D eigenvalue weighted by atomic mass is 9.91. The first kappa shape index (κ1) is 30.0. The Morgan fingerprint density at radius 3 is 2.09 bits per heavy atom. The van der Waals surface area contributed by atoms with Crippen LogP contribution in [0.4, 0.5) is 0 Å². The third-order valence-corrected chi connectivity index (χ3v) is 9.42. The molecule has 0 spiro atoms. The van der Waals surface area contributed by atoms with Crippen LogP contribution in [0.25, 0.3) is 5.69 Å². The molecule has 7 rings (SSSR count). The molecule has 2 aliphatic heterocycles. The molecule has 5 aromatic rings. The van der Waals surface area contributed by atoms with E-state index >= 15 is 0 Å². The number of carbonyl (C=O) groups is 2. The zero-order valence-electron chi connectivity index (χ0n) is 25.0. The van der Waals surface area contributed by atoms with Gasteiger partial charge in [-0.1, -0.05) is 97.5 Å². The van der Waals surface area contributed by atoms with Gasteiger partial charge in [0.25, 0.3) is 11.8 Å². The molecule has 46 heavy (non-hydrogen) atoms. The second-order valence-electron chi connectivity index (χ2n) is 11.3. The van der Waals surface area contributed by atoms with Gasteiger partial charge in [0.2, 0.25) is 5.16 Å². The van der Waals surface area contributed by atoms with Gasteiger partial charge >= 0.3 is 0 Å². The van der Waals surface area contributed by atoms with Gasteiger partial charge in [0.05, 0.1) is 42.2 Å². The summed E-state index contributed by atoms with van der Waals surface area (Å²) < 4.78 is 14.9. The van der Waals surface area contributed by atoms with Crippen LogP contribution in [0.1, 0.15) is 62.3 Å². The van der Waals surface area contributed by atoms with Crippen molar-refractivity contribution in [3.05, 3.63) is 137 Å². The minimum absolute atomic E-state index is 0.0159. The van der Waals surface area contributed by atoms with E-state index in [4.69, 9.17) is 9.47 Å². The predicted molar refractivity (Wildman–Crippen MR) is 170 cm³/mol. The van der Waals surface area contributed by atoms with Crippen LogP contribution in [-0.2, 0) is 22.6 Å². The van der Waals surface area contributed by atoms with Gasteiger partial charge < -0.3 is 14.6 Å². The Morgan fingerprint density at radius 1 is 0.783 bits per heavy atom. The fraction of sp³-hybridized carbons (Fsp3) is 0.229. The first-order valence-electron chi connectivity index (χ1n) is 15.0. The van der Waals surface area contributed by atoms with Crippen LogP contribution >= 0.6 is 11.8 Å². The van der Waals surface area contributed by atoms with Gasteiger partial charge in [-0.25, -0.2) is 0 Å². The minimum atomic E-state index is -0.664. The molecule has 10 nitrogen and oxygen atoms in total. The molecule has 1 aromatic heterocycles. The molecule has 11 heteroatoms. The van der Waals surface area contributed by atoms with Crippen LogP contribution in [0.5, 0.6) is 0 Å². The highest BCUT2D eigenvalue weighted by Crippen LogP contribution is 2.43. The number of rotatable bonds is 9. The van der Waals surface area contributed by atoms with Crippen molar-refractivity contribution in [1.82, 2.24) is 25.1 Å². The maximum Gasteiger partial charge on any atom is 0.261 e. The van der Waals surface area contributed by atoms with Crippen LogP contribution in [0.3, 0.4) is 0 Å². The average Bonchev–Trinajstić information content (AvgIpc) is 3.67. The van der Waals surface area contributed by atoms with Gasteiger partial charge in [0.15, 0.2) is 6.29 Å². The summed E-state index contributed by atoms with van der Waals surface area (Å²) >= 11 is 1.52. The van der Waals surface area contributed by atoms with Crippen molar-refractivity contribution in [2.24, 2.45) is 5.92 Å². The van der Waals surface area contributed by atoms with Gasteiger partial charge in [-0.05, 0) is 51.4 Å². The molecule has 0 radical (unpaired) electrons. The number of amides is 2. The quantitative estimate of drug-likeness (QED) is 0.165. The third kappa shape index (κ3) is 5.85. The number of aromatic nitrogens is 4. The van der Waals surface area contributed by atoms with Crippen LogP contribution in [-0.4, -0.2) is 53.9 Å². The number of aliphatic hydroxyl groups excluding tert-OH is 1. The summed E-state index contributed by atoms with van der Waals surface area (Å²) in [7, 11) is 0. The fourth-order valence-corrected chi connectivity index (χ4v) is 6.87. The zero-order chi connectivity index (χ0) is 31.6. The van der Waals surface area contributed by atoms with Crippen LogP contribution < -0.4 is 0 Å². The largest absolute Gasteiger partial charge is 0.392 e. The second-order valence-corrected chi connectivity index (χ2v) is 12.3. The molecule has 1 saturated heterocycles. The maximum atomic E-state index is 12.9. The van der Waals surface area contributed by atoms with Crippen molar-refractivity contribution in [2.75, 3.05) is 5.75 Å². The van der Waals surface area contributed by atoms with Gasteiger partial charge in [0, 0.05) is 17.2 Å². The molecule has 2 amide bonds. The second kappa shape index (κ2) is 13.0. The monoisotopic (exact) mass is 633 g/mol. The van der Waals surface area contributed by atoms with Gasteiger partial charge in [-0.2, -0.15) is 4.68 Å². The molecule has 232 valence electrons. The van der Waals surface area contributed by atoms with Crippen molar-refractivity contribution >= 4 is 23.6 Å². The smallest absolute Gasteiger partial charge is 0.261 e. The fourth-order valence-electron chi connectivity index (χ4n) is 5.81. The molecule has 3 heterocycles. The highest BCUT2D eigenvalue weighted by atomic mass is 32.2. The van der Waals surface area contributed by atoms with E-state index in [2.05, 4.69) is 22.4 Å². The predicted octanol–water partition coefficient (Wildman–Crippen LogP) is 5.53. The van der Waals surface area contributed by atoms with E-state index in [0.717, 1.165) is 27.9 Å². The standard InChI is InChI=1S/C35H31N5O5S/c1-22-30(21-46-35-36-37-38-40(35)27-7-3-2-4-8-27)44-34(45-31(22)25-15-13-24(20-41)14-16-25)26-17-11-23(12-18-26)19-39-32(42)28-9-5-6-10-29(28)33(39)43/h2-18,22,30-31,34,41H,19-21H2,1H3/t22-,30+,31+,34+/m1/s1. The highest BCUT2D eigenvalue weighted by molar-refractivity contribution is 7.99. The number of ether oxygens (including phenoxy) is 2. The van der Waals surface area contributed by atoms with E-state index < -0.39 is 6.29 Å². The van der Waals surface area contributed by atoms with E-state index in [-0.39, 0.29) is 43.1 Å². The third-order valence-electron chi connectivity index (χ3n) is 8.41. The molecule has 4 aromatic carbocycles. The van der Waals surface area contributed by atoms with Crippen LogP contribution in [0.15, 0.2) is 108 Å². The van der Waals surface area contributed by atoms with Crippen LogP contribution in [0.2, 0.25) is 0 Å². The Morgan fingerprint density at radius 2 is 1.41 bits per heavy atom. The maximum absolute atomic E-state index is 12.9. The van der Waals surface area contributed by atoms with Crippen molar-refractivity contribution in [1.29, 1.82) is 0 Å². The zero-order valence-corrected chi connectivity index (χ0v) is 25.8. The van der Waals surface area contributed by atoms with E-state index in [1.165, 1.54) is 16.7 Å². The minimum Gasteiger partial charge on any atom is -0.392 e. The molecule has 0 saturated carbocycles. The topological polar surface area (TPSA) is 120 Å². The molecule has 0 unspecified atom stereocenters. The van der Waals surface area contributed by atoms with Gasteiger partial charge in [0.1, 0.15) is 0 Å². The lowest BCUT2D eigenvalue weighted by Gasteiger charge is -2.41. The number of benzene rings is 4. The summed E-state index contributed by atoms with van der Waals surface area (Å²) in [4.78, 5) is 27.1. The van der Waals surface area contributed by atoms with E-state index in [0.29, 0.717) is 22.0 Å². The summed E-state index contributed by atoms with van der Waals surface area (Å²) in [6, 6.07) is 32.0. The summed E-state index contributed by atoms with van der Waals surface area (Å²) in [5.74, 6) is -0.00686. The summed E-state index contributed by atoms with van der Waals surface area (Å²) in [5, 5.41) is 22.6. The Kier molecular flexibility index (Phi) is 8.46. The van der Waals surface area contributed by atoms with Crippen molar-refractivity contribution in [3.8, 4) is 5.69 Å². The molecule has 1 fully saturated rings. The van der Waals surface area contributed by atoms with E-state index in [1.54, 1.807) is 28.9 Å². The Balaban J connectivity index is 1.11. The van der Waals surface area contributed by atoms with E-state index in [1.807, 2.05) is 78.9 Å². The number of imide groups is 1. The lowest BCUT2D eigenvalue weighted by molar-refractivity contribution is -0.268. The molecule has 0 aliphatic carbocycles. The number of para-hydroxylation sites is 1. The normalized spacial score (nSPS) is 21.0. The molecule has 1 N–H and O–H groups in total. The van der Waals surface area contributed by atoms with Crippen molar-refractivity contribution < 1.29 is 24.2 Å². The lowest BCUT2D eigenvalue weighted by Crippen LogP contribution is -2.38. The number of fused-ring (bicyclic) bond motifs is 1. The number of carbonyl (C=O) groups excluding carboxylic acids is 2. The molecule has 2 aliphatic rings.